The molecule has 0 saturated carbocycles. The Morgan fingerprint density at radius 3 is 2.12 bits per heavy atom. The van der Waals surface area contributed by atoms with Crippen molar-refractivity contribution in [2.24, 2.45) is 0 Å². The summed E-state index contributed by atoms with van der Waals surface area (Å²) in [6.07, 6.45) is 1.84. The third-order valence-corrected chi connectivity index (χ3v) is 5.24. The van der Waals surface area contributed by atoms with Crippen LogP contribution < -0.4 is 10.6 Å². The van der Waals surface area contributed by atoms with E-state index < -0.39 is 29.8 Å². The van der Waals surface area contributed by atoms with Crippen molar-refractivity contribution in [2.45, 2.75) is 44.8 Å². The summed E-state index contributed by atoms with van der Waals surface area (Å²) in [6, 6.07) is 14.8. The summed E-state index contributed by atoms with van der Waals surface area (Å²) in [7, 11) is 0. The third kappa shape index (κ3) is 6.60. The highest BCUT2D eigenvalue weighted by Gasteiger charge is 2.29. The predicted octanol–water partition coefficient (Wildman–Crippen LogP) is 4.45. The number of carbonyl (C=O) groups is 3. The molecule has 34 heavy (non-hydrogen) atoms. The van der Waals surface area contributed by atoms with E-state index in [9.17, 15) is 19.5 Å². The number of fused-ring (bicyclic) bond motifs is 3. The van der Waals surface area contributed by atoms with E-state index in [-0.39, 0.29) is 25.5 Å². The van der Waals surface area contributed by atoms with Crippen molar-refractivity contribution >= 4 is 18.2 Å². The first-order valence-corrected chi connectivity index (χ1v) is 11.1. The maximum absolute atomic E-state index is 12.4. The Kier molecular flexibility index (Phi) is 7.94. The Hall–Kier alpha value is -3.81. The Bertz CT molecular complexity index is 1030. The van der Waals surface area contributed by atoms with Gasteiger partial charge in [-0.05, 0) is 49.4 Å². The van der Waals surface area contributed by atoms with E-state index in [0.29, 0.717) is 0 Å². The number of hydrogen-bond donors (Lipinski definition) is 3. The van der Waals surface area contributed by atoms with Crippen LogP contribution in [0.2, 0.25) is 0 Å². The van der Waals surface area contributed by atoms with Gasteiger partial charge in [-0.15, -0.1) is 0 Å². The van der Waals surface area contributed by atoms with E-state index in [0.717, 1.165) is 22.3 Å². The van der Waals surface area contributed by atoms with Gasteiger partial charge in [0.15, 0.2) is 0 Å². The molecule has 8 nitrogen and oxygen atoms in total. The molecule has 2 amide bonds. The molecule has 1 aliphatic carbocycles. The standard InChI is InChI=1S/C26H30N2O6/c1-26(2,3)34-24(31)27-15-9-8-14-22(23(29)30)28-25(32)33-16-21-19-12-6-4-10-17(19)18-11-5-7-13-20(18)21/h4-13,21-22H,14-16H2,1-3H3,(H,27,31)(H,28,32)(H,29,30)/t22-/m0/s1. The van der Waals surface area contributed by atoms with Crippen LogP contribution in [0.5, 0.6) is 0 Å². The fraction of sp³-hybridized carbons (Fsp3) is 0.346. The second-order valence-electron chi connectivity index (χ2n) is 8.95. The predicted molar refractivity (Wildman–Crippen MR) is 128 cm³/mol. The van der Waals surface area contributed by atoms with E-state index >= 15 is 0 Å². The van der Waals surface area contributed by atoms with Gasteiger partial charge in [0.2, 0.25) is 0 Å². The zero-order chi connectivity index (χ0) is 24.7. The number of hydrogen-bond acceptors (Lipinski definition) is 5. The minimum atomic E-state index is -1.18. The molecule has 0 aliphatic heterocycles. The van der Waals surface area contributed by atoms with Gasteiger partial charge < -0.3 is 25.2 Å². The van der Waals surface area contributed by atoms with Crippen LogP contribution in [-0.4, -0.2) is 48.1 Å². The largest absolute Gasteiger partial charge is 0.480 e. The topological polar surface area (TPSA) is 114 Å². The number of carbonyl (C=O) groups excluding carboxylic acids is 2. The lowest BCUT2D eigenvalue weighted by molar-refractivity contribution is -0.139. The Morgan fingerprint density at radius 1 is 0.971 bits per heavy atom. The normalized spacial score (nSPS) is 13.6. The van der Waals surface area contributed by atoms with Gasteiger partial charge in [-0.2, -0.15) is 0 Å². The minimum Gasteiger partial charge on any atom is -0.480 e. The highest BCUT2D eigenvalue weighted by molar-refractivity contribution is 5.81. The summed E-state index contributed by atoms with van der Waals surface area (Å²) in [5.41, 5.74) is 3.77. The quantitative estimate of drug-likeness (QED) is 0.495. The van der Waals surface area contributed by atoms with E-state index in [2.05, 4.69) is 10.6 Å². The molecule has 1 aliphatic rings. The average Bonchev–Trinajstić information content (AvgIpc) is 3.09. The molecule has 0 heterocycles. The number of rotatable bonds is 8. The van der Waals surface area contributed by atoms with Gasteiger partial charge >= 0.3 is 18.2 Å². The van der Waals surface area contributed by atoms with Crippen molar-refractivity contribution in [3.63, 3.8) is 0 Å². The Morgan fingerprint density at radius 2 is 1.56 bits per heavy atom. The molecule has 0 fully saturated rings. The first kappa shape index (κ1) is 24.8. The van der Waals surface area contributed by atoms with Gasteiger partial charge in [0.05, 0.1) is 0 Å². The maximum Gasteiger partial charge on any atom is 0.407 e. The second kappa shape index (κ2) is 10.9. The molecule has 0 saturated heterocycles. The van der Waals surface area contributed by atoms with Crippen LogP contribution >= 0.6 is 0 Å². The first-order chi connectivity index (χ1) is 16.2. The van der Waals surface area contributed by atoms with Crippen LogP contribution in [0.15, 0.2) is 60.7 Å². The summed E-state index contributed by atoms with van der Waals surface area (Å²) in [5.74, 6) is -1.29. The molecule has 0 aromatic heterocycles. The van der Waals surface area contributed by atoms with E-state index in [4.69, 9.17) is 9.47 Å². The molecule has 1 atom stereocenters. The summed E-state index contributed by atoms with van der Waals surface area (Å²) < 4.78 is 10.5. The Labute approximate surface area is 199 Å². The molecule has 8 heteroatoms. The van der Waals surface area contributed by atoms with Crippen LogP contribution in [0.3, 0.4) is 0 Å². The average molecular weight is 467 g/mol. The molecule has 0 unspecified atom stereocenters. The van der Waals surface area contributed by atoms with Crippen LogP contribution in [0.4, 0.5) is 9.59 Å². The van der Waals surface area contributed by atoms with Crippen LogP contribution in [0.1, 0.15) is 44.2 Å². The fourth-order valence-corrected chi connectivity index (χ4v) is 3.78. The SMILES string of the molecule is CC(C)(C)OC(=O)NCC=CC[C@H](NC(=O)OCC1c2ccccc2-c2ccccc21)C(=O)O. The van der Waals surface area contributed by atoms with Crippen molar-refractivity contribution in [1.82, 2.24) is 10.6 Å². The highest BCUT2D eigenvalue weighted by atomic mass is 16.6. The van der Waals surface area contributed by atoms with Crippen LogP contribution in [0.25, 0.3) is 11.1 Å². The van der Waals surface area contributed by atoms with Crippen molar-refractivity contribution in [2.75, 3.05) is 13.2 Å². The minimum absolute atomic E-state index is 0.0372. The molecular formula is C26H30N2O6. The molecule has 3 rings (SSSR count). The molecule has 0 spiro atoms. The Balaban J connectivity index is 1.50. The summed E-state index contributed by atoms with van der Waals surface area (Å²) in [4.78, 5) is 35.5. The fourth-order valence-electron chi connectivity index (χ4n) is 3.78. The molecular weight excluding hydrogens is 436 g/mol. The summed E-state index contributed by atoms with van der Waals surface area (Å²) in [5, 5.41) is 14.4. The second-order valence-corrected chi connectivity index (χ2v) is 8.95. The number of carboxylic acids is 1. The first-order valence-electron chi connectivity index (χ1n) is 11.1. The van der Waals surface area contributed by atoms with Gasteiger partial charge in [0.1, 0.15) is 18.2 Å². The summed E-state index contributed by atoms with van der Waals surface area (Å²) in [6.45, 7) is 5.55. The smallest absolute Gasteiger partial charge is 0.407 e. The zero-order valence-corrected chi connectivity index (χ0v) is 19.5. The maximum atomic E-state index is 12.4. The number of amides is 2. The number of benzene rings is 2. The van der Waals surface area contributed by atoms with Gasteiger partial charge in [-0.25, -0.2) is 14.4 Å². The molecule has 0 radical (unpaired) electrons. The van der Waals surface area contributed by atoms with Crippen molar-refractivity contribution in [3.8, 4) is 11.1 Å². The number of alkyl carbamates (subject to hydrolysis) is 2. The number of carboxylic acid groups (broad SMARTS) is 1. The van der Waals surface area contributed by atoms with Crippen molar-refractivity contribution in [1.29, 1.82) is 0 Å². The molecule has 3 N–H and O–H groups in total. The van der Waals surface area contributed by atoms with Gasteiger partial charge in [0, 0.05) is 12.5 Å². The van der Waals surface area contributed by atoms with E-state index in [1.165, 1.54) is 0 Å². The lowest BCUT2D eigenvalue weighted by atomic mass is 9.98. The van der Waals surface area contributed by atoms with Gasteiger partial charge in [-0.1, -0.05) is 60.7 Å². The van der Waals surface area contributed by atoms with Gasteiger partial charge in [-0.3, -0.25) is 0 Å². The molecule has 2 aromatic rings. The summed E-state index contributed by atoms with van der Waals surface area (Å²) >= 11 is 0. The van der Waals surface area contributed by atoms with Crippen LogP contribution in [-0.2, 0) is 14.3 Å². The van der Waals surface area contributed by atoms with Crippen molar-refractivity contribution in [3.05, 3.63) is 71.8 Å². The molecule has 180 valence electrons. The van der Waals surface area contributed by atoms with E-state index in [1.54, 1.807) is 32.9 Å². The van der Waals surface area contributed by atoms with Gasteiger partial charge in [0.25, 0.3) is 0 Å². The lowest BCUT2D eigenvalue weighted by Gasteiger charge is -2.19. The van der Waals surface area contributed by atoms with E-state index in [1.807, 2.05) is 48.5 Å². The zero-order valence-electron chi connectivity index (χ0n) is 19.5. The molecule has 0 bridgehead atoms. The number of aliphatic carboxylic acids is 1. The monoisotopic (exact) mass is 466 g/mol. The lowest BCUT2D eigenvalue weighted by Crippen LogP contribution is -2.41. The van der Waals surface area contributed by atoms with Crippen LogP contribution in [0, 0.1) is 0 Å². The van der Waals surface area contributed by atoms with Crippen molar-refractivity contribution < 1.29 is 29.0 Å². The number of nitrogens with one attached hydrogen (secondary N) is 2. The third-order valence-electron chi connectivity index (χ3n) is 5.24. The number of ether oxygens (including phenoxy) is 2. The molecule has 2 aromatic carbocycles. The highest BCUT2D eigenvalue weighted by Crippen LogP contribution is 2.44.